The van der Waals surface area contributed by atoms with Gasteiger partial charge in [0.25, 0.3) is 0 Å². The molecular weight excluding hydrogens is 517 g/mol. The lowest BCUT2D eigenvalue weighted by Gasteiger charge is -2.15. The number of carboxylic acids is 2. The van der Waals surface area contributed by atoms with Crippen LogP contribution in [0.5, 0.6) is 5.75 Å². The van der Waals surface area contributed by atoms with Gasteiger partial charge in [-0.1, -0.05) is 12.1 Å². The number of carboxylic acid groups (broad SMARTS) is 2. The second-order valence-corrected chi connectivity index (χ2v) is 9.36. The smallest absolute Gasteiger partial charge is 0.303 e. The van der Waals surface area contributed by atoms with Crippen molar-refractivity contribution >= 4 is 23.4 Å². The molecule has 2 heterocycles. The summed E-state index contributed by atoms with van der Waals surface area (Å²) in [6, 6.07) is 18.0. The van der Waals surface area contributed by atoms with E-state index < -0.39 is 11.9 Å². The summed E-state index contributed by atoms with van der Waals surface area (Å²) >= 11 is 0. The molecule has 0 fully saturated rings. The van der Waals surface area contributed by atoms with Crippen LogP contribution in [0.25, 0.3) is 16.9 Å². The Labute approximate surface area is 231 Å². The maximum absolute atomic E-state index is 13.5. The molecule has 2 atom stereocenters. The number of imidazole rings is 1. The van der Waals surface area contributed by atoms with Crippen molar-refractivity contribution in [1.82, 2.24) is 14.6 Å². The van der Waals surface area contributed by atoms with Crippen LogP contribution in [0.4, 0.5) is 10.2 Å². The molecule has 10 nitrogen and oxygen atoms in total. The number of anilines is 1. The molecule has 0 bridgehead atoms. The zero-order chi connectivity index (χ0) is 29.1. The van der Waals surface area contributed by atoms with Gasteiger partial charge in [-0.25, -0.2) is 13.9 Å². The zero-order valence-corrected chi connectivity index (χ0v) is 22.5. The van der Waals surface area contributed by atoms with E-state index in [0.717, 1.165) is 28.2 Å². The van der Waals surface area contributed by atoms with Gasteiger partial charge in [-0.15, -0.1) is 5.10 Å². The standard InChI is InChI=1S/C23H24FN5O.C6H10O4/c1-15(25)14-30-20-8-6-17(7-9-20)21-13-26-23-11-10-22(28-29(21)23)27-16(2)18-4-3-5-19(24)12-18;7-5(8)3-1-2-4-6(9)10/h3-13,15-16H,14,25H2,1-2H3,(H,27,28);1-4H2,(H,7,8)(H,9,10). The van der Waals surface area contributed by atoms with Crippen LogP contribution in [0.15, 0.2) is 66.9 Å². The highest BCUT2D eigenvalue weighted by atomic mass is 19.1. The molecule has 0 spiro atoms. The van der Waals surface area contributed by atoms with E-state index in [0.29, 0.717) is 25.3 Å². The first-order valence-corrected chi connectivity index (χ1v) is 12.9. The minimum atomic E-state index is -0.870. The Hall–Kier alpha value is -4.51. The number of hydrogen-bond donors (Lipinski definition) is 4. The number of nitrogens with one attached hydrogen (secondary N) is 1. The fraction of sp³-hybridized carbons (Fsp3) is 0.310. The topological polar surface area (TPSA) is 152 Å². The molecule has 212 valence electrons. The Bertz CT molecular complexity index is 1390. The lowest BCUT2D eigenvalue weighted by atomic mass is 10.1. The minimum Gasteiger partial charge on any atom is -0.492 e. The highest BCUT2D eigenvalue weighted by Crippen LogP contribution is 2.25. The van der Waals surface area contributed by atoms with Crippen LogP contribution >= 0.6 is 0 Å². The summed E-state index contributed by atoms with van der Waals surface area (Å²) in [5, 5.41) is 24.3. The fourth-order valence-electron chi connectivity index (χ4n) is 3.73. The molecule has 2 aromatic heterocycles. The van der Waals surface area contributed by atoms with Gasteiger partial charge in [-0.3, -0.25) is 9.59 Å². The number of carbonyl (C=O) groups is 2. The van der Waals surface area contributed by atoms with Crippen LogP contribution in [0.2, 0.25) is 0 Å². The first kappa shape index (κ1) is 30.0. The fourth-order valence-corrected chi connectivity index (χ4v) is 3.73. The van der Waals surface area contributed by atoms with Crippen molar-refractivity contribution in [1.29, 1.82) is 0 Å². The molecule has 0 amide bonds. The van der Waals surface area contributed by atoms with Gasteiger partial charge in [0, 0.05) is 24.4 Å². The van der Waals surface area contributed by atoms with E-state index in [4.69, 9.17) is 20.7 Å². The van der Waals surface area contributed by atoms with E-state index in [2.05, 4.69) is 15.4 Å². The Balaban J connectivity index is 0.000000378. The van der Waals surface area contributed by atoms with E-state index in [1.54, 1.807) is 16.8 Å². The Morgan fingerprint density at radius 2 is 1.70 bits per heavy atom. The maximum atomic E-state index is 13.5. The lowest BCUT2D eigenvalue weighted by Crippen LogP contribution is -2.23. The highest BCUT2D eigenvalue weighted by Gasteiger charge is 2.11. The number of halogens is 1. The number of hydrogen-bond acceptors (Lipinski definition) is 7. The van der Waals surface area contributed by atoms with Crippen LogP contribution in [-0.4, -0.2) is 49.4 Å². The number of nitrogens with zero attached hydrogens (tertiary/aromatic N) is 3. The van der Waals surface area contributed by atoms with Gasteiger partial charge in [0.15, 0.2) is 5.65 Å². The SMILES string of the molecule is CC(N)COc1ccc(-c2cnc3ccc(NC(C)c4cccc(F)c4)nn23)cc1.O=C(O)CCCCC(=O)O. The molecule has 2 aromatic carbocycles. The molecule has 0 saturated heterocycles. The average Bonchev–Trinajstić information content (AvgIpc) is 3.34. The first-order chi connectivity index (χ1) is 19.1. The molecule has 4 rings (SSSR count). The maximum Gasteiger partial charge on any atom is 0.303 e. The van der Waals surface area contributed by atoms with Gasteiger partial charge in [-0.2, -0.15) is 0 Å². The number of aromatic nitrogens is 3. The van der Waals surface area contributed by atoms with Gasteiger partial charge in [0.2, 0.25) is 0 Å². The molecule has 0 aliphatic rings. The van der Waals surface area contributed by atoms with E-state index in [-0.39, 0.29) is 30.7 Å². The third-order valence-corrected chi connectivity index (χ3v) is 5.77. The van der Waals surface area contributed by atoms with E-state index >= 15 is 0 Å². The third kappa shape index (κ3) is 9.35. The van der Waals surface area contributed by atoms with Gasteiger partial charge < -0.3 is 26.0 Å². The second kappa shape index (κ2) is 14.6. The molecular formula is C29H34FN5O5. The Kier molecular flexibility index (Phi) is 11.0. The Morgan fingerprint density at radius 1 is 1.02 bits per heavy atom. The van der Waals surface area contributed by atoms with Gasteiger partial charge in [0.05, 0.1) is 17.9 Å². The number of ether oxygens (including phenoxy) is 1. The second-order valence-electron chi connectivity index (χ2n) is 9.36. The van der Waals surface area contributed by atoms with E-state index in [1.807, 2.05) is 56.3 Å². The molecule has 0 aliphatic carbocycles. The number of rotatable bonds is 12. The molecule has 40 heavy (non-hydrogen) atoms. The van der Waals surface area contributed by atoms with Gasteiger partial charge >= 0.3 is 11.9 Å². The normalized spacial score (nSPS) is 12.2. The number of unbranched alkanes of at least 4 members (excludes halogenated alkanes) is 1. The van der Waals surface area contributed by atoms with Gasteiger partial charge in [0.1, 0.15) is 24.0 Å². The molecule has 5 N–H and O–H groups in total. The quantitative estimate of drug-likeness (QED) is 0.175. The van der Waals surface area contributed by atoms with Crippen molar-refractivity contribution in [2.75, 3.05) is 11.9 Å². The van der Waals surface area contributed by atoms with Crippen LogP contribution in [0.1, 0.15) is 51.1 Å². The molecule has 0 saturated carbocycles. The number of benzene rings is 2. The van der Waals surface area contributed by atoms with E-state index in [1.165, 1.54) is 12.1 Å². The number of aliphatic carboxylic acids is 2. The average molecular weight is 552 g/mol. The zero-order valence-electron chi connectivity index (χ0n) is 22.5. The highest BCUT2D eigenvalue weighted by molar-refractivity contribution is 5.68. The van der Waals surface area contributed by atoms with Crippen LogP contribution in [0, 0.1) is 5.82 Å². The van der Waals surface area contributed by atoms with Crippen molar-refractivity contribution in [3.8, 4) is 17.0 Å². The Morgan fingerprint density at radius 3 is 2.30 bits per heavy atom. The largest absolute Gasteiger partial charge is 0.492 e. The van der Waals surface area contributed by atoms with Crippen molar-refractivity contribution < 1.29 is 28.9 Å². The lowest BCUT2D eigenvalue weighted by molar-refractivity contribution is -0.139. The summed E-state index contributed by atoms with van der Waals surface area (Å²) < 4.78 is 20.9. The molecule has 4 aromatic rings. The molecule has 0 aliphatic heterocycles. The van der Waals surface area contributed by atoms with Crippen molar-refractivity contribution in [2.24, 2.45) is 5.73 Å². The predicted octanol–water partition coefficient (Wildman–Crippen LogP) is 5.15. The molecule has 11 heteroatoms. The number of fused-ring (bicyclic) bond motifs is 1. The summed E-state index contributed by atoms with van der Waals surface area (Å²) in [5.41, 5.74) is 9.16. The molecule has 0 radical (unpaired) electrons. The van der Waals surface area contributed by atoms with Crippen molar-refractivity contribution in [3.63, 3.8) is 0 Å². The van der Waals surface area contributed by atoms with Crippen LogP contribution < -0.4 is 15.8 Å². The molecule has 2 unspecified atom stereocenters. The first-order valence-electron chi connectivity index (χ1n) is 12.9. The van der Waals surface area contributed by atoms with Gasteiger partial charge in [-0.05, 0) is 80.8 Å². The van der Waals surface area contributed by atoms with Crippen molar-refractivity contribution in [3.05, 3.63) is 78.2 Å². The summed E-state index contributed by atoms with van der Waals surface area (Å²) in [7, 11) is 0. The van der Waals surface area contributed by atoms with Crippen molar-refractivity contribution in [2.45, 2.75) is 51.6 Å². The predicted molar refractivity (Wildman–Crippen MR) is 150 cm³/mol. The third-order valence-electron chi connectivity index (χ3n) is 5.77. The summed E-state index contributed by atoms with van der Waals surface area (Å²) in [6.45, 7) is 4.34. The van der Waals surface area contributed by atoms with Crippen LogP contribution in [-0.2, 0) is 9.59 Å². The van der Waals surface area contributed by atoms with E-state index in [9.17, 15) is 14.0 Å². The monoisotopic (exact) mass is 551 g/mol. The summed E-state index contributed by atoms with van der Waals surface area (Å²) in [5.74, 6) is -0.551. The van der Waals surface area contributed by atoms with Crippen LogP contribution in [0.3, 0.4) is 0 Å². The minimum absolute atomic E-state index is 0.0201. The summed E-state index contributed by atoms with van der Waals surface area (Å²) in [6.07, 6.45) is 2.81. The number of nitrogens with two attached hydrogens (primary N) is 1. The summed E-state index contributed by atoms with van der Waals surface area (Å²) in [4.78, 5) is 24.2.